The summed E-state index contributed by atoms with van der Waals surface area (Å²) in [6.45, 7) is 7.69. The van der Waals surface area contributed by atoms with Crippen molar-refractivity contribution in [2.45, 2.75) is 77.8 Å². The molecule has 0 bridgehead atoms. The fourth-order valence-electron chi connectivity index (χ4n) is 4.93. The number of hydrogen-bond acceptors (Lipinski definition) is 5. The Labute approximate surface area is 180 Å². The van der Waals surface area contributed by atoms with Gasteiger partial charge >= 0.3 is 0 Å². The molecule has 1 fully saturated rings. The first-order valence-electron chi connectivity index (χ1n) is 11.1. The first-order chi connectivity index (χ1) is 14.4. The Balaban J connectivity index is 1.70. The number of thiophene rings is 1. The topological polar surface area (TPSA) is 84.3 Å². The van der Waals surface area contributed by atoms with Crippen LogP contribution < -0.4 is 10.9 Å². The van der Waals surface area contributed by atoms with E-state index < -0.39 is 5.54 Å². The molecular formula is C22H30N4O3S. The Morgan fingerprint density at radius 1 is 1.17 bits per heavy atom. The second-order valence-electron chi connectivity index (χ2n) is 8.40. The molecule has 3 heterocycles. The summed E-state index contributed by atoms with van der Waals surface area (Å²) in [7, 11) is 0. The summed E-state index contributed by atoms with van der Waals surface area (Å²) in [6, 6.07) is 0. The maximum absolute atomic E-state index is 13.4. The molecule has 0 saturated heterocycles. The molecule has 7 nitrogen and oxygen atoms in total. The van der Waals surface area contributed by atoms with E-state index in [1.54, 1.807) is 4.57 Å². The van der Waals surface area contributed by atoms with Crippen LogP contribution in [-0.4, -0.2) is 44.9 Å². The maximum atomic E-state index is 13.4. The van der Waals surface area contributed by atoms with Gasteiger partial charge in [-0.3, -0.25) is 19.0 Å². The molecule has 0 atom stereocenters. The van der Waals surface area contributed by atoms with Crippen molar-refractivity contribution in [3.05, 3.63) is 26.6 Å². The second kappa shape index (κ2) is 8.13. The van der Waals surface area contributed by atoms with Crippen LogP contribution in [0.15, 0.2) is 4.79 Å². The van der Waals surface area contributed by atoms with Crippen molar-refractivity contribution in [2.75, 3.05) is 13.1 Å². The third-order valence-electron chi connectivity index (χ3n) is 6.64. The lowest BCUT2D eigenvalue weighted by Gasteiger charge is -2.40. The summed E-state index contributed by atoms with van der Waals surface area (Å²) in [5.41, 5.74) is -0.228. The molecule has 0 radical (unpaired) electrons. The summed E-state index contributed by atoms with van der Waals surface area (Å²) < 4.78 is 1.73. The Hall–Kier alpha value is -2.22. The third kappa shape index (κ3) is 3.35. The van der Waals surface area contributed by atoms with Gasteiger partial charge in [-0.15, -0.1) is 11.3 Å². The highest BCUT2D eigenvalue weighted by atomic mass is 32.1. The van der Waals surface area contributed by atoms with E-state index in [1.807, 2.05) is 25.7 Å². The van der Waals surface area contributed by atoms with Gasteiger partial charge in [-0.1, -0.05) is 19.3 Å². The van der Waals surface area contributed by atoms with Crippen LogP contribution in [0, 0.1) is 6.92 Å². The monoisotopic (exact) mass is 430 g/mol. The largest absolute Gasteiger partial charge is 0.341 e. The molecule has 1 saturated carbocycles. The third-order valence-corrected chi connectivity index (χ3v) is 7.82. The number of rotatable bonds is 5. The molecule has 1 aliphatic carbocycles. The zero-order valence-corrected chi connectivity index (χ0v) is 18.9. The van der Waals surface area contributed by atoms with Crippen molar-refractivity contribution >= 4 is 33.4 Å². The number of aromatic nitrogens is 2. The van der Waals surface area contributed by atoms with Crippen molar-refractivity contribution in [2.24, 2.45) is 0 Å². The van der Waals surface area contributed by atoms with Crippen LogP contribution in [-0.2, 0) is 17.8 Å². The molecule has 2 aromatic rings. The number of carbonyl (C=O) groups is 2. The molecule has 2 amide bonds. The molecule has 162 valence electrons. The summed E-state index contributed by atoms with van der Waals surface area (Å²) in [4.78, 5) is 47.2. The lowest BCUT2D eigenvalue weighted by Crippen LogP contribution is -2.60. The van der Waals surface area contributed by atoms with Gasteiger partial charge in [0.1, 0.15) is 16.2 Å². The average molecular weight is 431 g/mol. The zero-order chi connectivity index (χ0) is 21.5. The van der Waals surface area contributed by atoms with E-state index in [2.05, 4.69) is 10.3 Å². The SMILES string of the molecule is CCN(CC)C(=O)C1(NC(=O)c2sc3nc4n(c(=O)c3c2C)CCC4)CCCCC1. The molecule has 8 heteroatoms. The highest BCUT2D eigenvalue weighted by molar-refractivity contribution is 7.20. The molecule has 1 N–H and O–H groups in total. The summed E-state index contributed by atoms with van der Waals surface area (Å²) in [6.07, 6.45) is 5.98. The number of amides is 2. The van der Waals surface area contributed by atoms with Crippen LogP contribution in [0.1, 0.15) is 73.4 Å². The minimum absolute atomic E-state index is 0.0106. The normalized spacial score (nSPS) is 17.7. The van der Waals surface area contributed by atoms with Crippen LogP contribution in [0.5, 0.6) is 0 Å². The first-order valence-corrected chi connectivity index (χ1v) is 11.9. The Morgan fingerprint density at radius 2 is 1.87 bits per heavy atom. The van der Waals surface area contributed by atoms with Crippen LogP contribution in [0.4, 0.5) is 0 Å². The van der Waals surface area contributed by atoms with Crippen LogP contribution >= 0.6 is 11.3 Å². The van der Waals surface area contributed by atoms with Gasteiger partial charge in [0.05, 0.1) is 10.3 Å². The fraction of sp³-hybridized carbons (Fsp3) is 0.636. The molecule has 0 unspecified atom stereocenters. The molecule has 0 aromatic carbocycles. The molecule has 2 aliphatic rings. The van der Waals surface area contributed by atoms with Gasteiger partial charge in [-0.05, 0) is 45.6 Å². The summed E-state index contributed by atoms with van der Waals surface area (Å²) in [5.74, 6) is 0.556. The Kier molecular flexibility index (Phi) is 5.70. The molecular weight excluding hydrogens is 400 g/mol. The lowest BCUT2D eigenvalue weighted by molar-refractivity contribution is -0.139. The Bertz CT molecular complexity index is 1040. The minimum Gasteiger partial charge on any atom is -0.341 e. The smallest absolute Gasteiger partial charge is 0.262 e. The first kappa shape index (κ1) is 21.0. The summed E-state index contributed by atoms with van der Waals surface area (Å²) in [5, 5.41) is 3.66. The van der Waals surface area contributed by atoms with E-state index in [1.165, 1.54) is 11.3 Å². The van der Waals surface area contributed by atoms with Crippen LogP contribution in [0.2, 0.25) is 0 Å². The van der Waals surface area contributed by atoms with Gasteiger partial charge in [0.25, 0.3) is 11.5 Å². The predicted octanol–water partition coefficient (Wildman–Crippen LogP) is 3.01. The fourth-order valence-corrected chi connectivity index (χ4v) is 6.01. The molecule has 30 heavy (non-hydrogen) atoms. The van der Waals surface area contributed by atoms with Gasteiger partial charge in [0.15, 0.2) is 0 Å². The van der Waals surface area contributed by atoms with E-state index in [9.17, 15) is 14.4 Å². The zero-order valence-electron chi connectivity index (χ0n) is 18.0. The number of aryl methyl sites for hydroxylation is 2. The van der Waals surface area contributed by atoms with E-state index >= 15 is 0 Å². The highest BCUT2D eigenvalue weighted by Gasteiger charge is 2.43. The van der Waals surface area contributed by atoms with Crippen molar-refractivity contribution in [1.29, 1.82) is 0 Å². The van der Waals surface area contributed by atoms with Crippen molar-refractivity contribution in [3.8, 4) is 0 Å². The molecule has 2 aromatic heterocycles. The van der Waals surface area contributed by atoms with Crippen molar-refractivity contribution in [3.63, 3.8) is 0 Å². The number of fused-ring (bicyclic) bond motifs is 2. The van der Waals surface area contributed by atoms with Crippen molar-refractivity contribution < 1.29 is 9.59 Å². The van der Waals surface area contributed by atoms with E-state index in [0.29, 0.717) is 53.1 Å². The van der Waals surface area contributed by atoms with Crippen molar-refractivity contribution in [1.82, 2.24) is 19.8 Å². The Morgan fingerprint density at radius 3 is 2.53 bits per heavy atom. The number of carbonyl (C=O) groups excluding carboxylic acids is 2. The van der Waals surface area contributed by atoms with Gasteiger partial charge in [-0.25, -0.2) is 4.98 Å². The maximum Gasteiger partial charge on any atom is 0.262 e. The number of nitrogens with zero attached hydrogens (tertiary/aromatic N) is 3. The van der Waals surface area contributed by atoms with Gasteiger partial charge in [0.2, 0.25) is 5.91 Å². The molecule has 4 rings (SSSR count). The summed E-state index contributed by atoms with van der Waals surface area (Å²) >= 11 is 1.27. The highest BCUT2D eigenvalue weighted by Crippen LogP contribution is 2.33. The van der Waals surface area contributed by atoms with E-state index in [-0.39, 0.29) is 17.4 Å². The quantitative estimate of drug-likeness (QED) is 0.790. The lowest BCUT2D eigenvalue weighted by atomic mass is 9.80. The second-order valence-corrected chi connectivity index (χ2v) is 9.40. The van der Waals surface area contributed by atoms with E-state index in [4.69, 9.17) is 0 Å². The van der Waals surface area contributed by atoms with Gasteiger partial charge in [0, 0.05) is 26.1 Å². The molecule has 1 aliphatic heterocycles. The molecule has 0 spiro atoms. The number of likely N-dealkylation sites (N-methyl/N-ethyl adjacent to an activating group) is 1. The minimum atomic E-state index is -0.853. The standard InChI is InChI=1S/C22H30N4O3S/c1-4-25(5-2)21(29)22(11-7-6-8-12-22)24-18(27)17-14(3)16-19(30-17)23-15-10-9-13-26(15)20(16)28/h4-13H2,1-3H3,(H,24,27). The van der Waals surface area contributed by atoms with Crippen LogP contribution in [0.3, 0.4) is 0 Å². The van der Waals surface area contributed by atoms with Gasteiger partial charge in [-0.2, -0.15) is 0 Å². The average Bonchev–Trinajstić information content (AvgIpc) is 3.34. The predicted molar refractivity (Wildman–Crippen MR) is 118 cm³/mol. The van der Waals surface area contributed by atoms with E-state index in [0.717, 1.165) is 37.9 Å². The van der Waals surface area contributed by atoms with Gasteiger partial charge < -0.3 is 10.2 Å². The van der Waals surface area contributed by atoms with Crippen LogP contribution in [0.25, 0.3) is 10.2 Å². The number of hydrogen-bond donors (Lipinski definition) is 1. The number of nitrogens with one attached hydrogen (secondary N) is 1.